The number of benzene rings is 1. The summed E-state index contributed by atoms with van der Waals surface area (Å²) in [5.74, 6) is -0.508. The summed E-state index contributed by atoms with van der Waals surface area (Å²) in [6.45, 7) is 0. The summed E-state index contributed by atoms with van der Waals surface area (Å²) in [4.78, 5) is 0. The second kappa shape index (κ2) is 4.64. The summed E-state index contributed by atoms with van der Waals surface area (Å²) in [6.07, 6.45) is 3.47. The molecule has 0 bridgehead atoms. The molecule has 1 aromatic rings. The van der Waals surface area contributed by atoms with Gasteiger partial charge < -0.3 is 5.73 Å². The molecule has 0 aliphatic rings. The maximum atomic E-state index is 13.0. The van der Waals surface area contributed by atoms with Gasteiger partial charge in [-0.25, -0.2) is 4.39 Å². The Balaban J connectivity index is 2.99. The summed E-state index contributed by atoms with van der Waals surface area (Å²) in [7, 11) is 0. The van der Waals surface area contributed by atoms with Crippen LogP contribution in [0.4, 0.5) is 10.1 Å². The zero-order valence-corrected chi connectivity index (χ0v) is 8.05. The lowest BCUT2D eigenvalue weighted by Crippen LogP contribution is -1.91. The molecule has 0 radical (unpaired) electrons. The molecule has 0 amide bonds. The number of hydrogen-bond acceptors (Lipinski definition) is 2. The van der Waals surface area contributed by atoms with Gasteiger partial charge in [-0.15, -0.1) is 0 Å². The van der Waals surface area contributed by atoms with Gasteiger partial charge in [0.05, 0.1) is 23.2 Å². The molecule has 0 aromatic heterocycles. The number of anilines is 1. The van der Waals surface area contributed by atoms with Crippen molar-refractivity contribution in [3.8, 4) is 6.07 Å². The van der Waals surface area contributed by atoms with Gasteiger partial charge in [0.25, 0.3) is 0 Å². The van der Waals surface area contributed by atoms with Gasteiger partial charge >= 0.3 is 0 Å². The molecule has 14 heavy (non-hydrogen) atoms. The average molecular weight is 211 g/mol. The molecular weight excluding hydrogens is 203 g/mol. The fourth-order valence-electron chi connectivity index (χ4n) is 0.944. The van der Waals surface area contributed by atoms with E-state index >= 15 is 0 Å². The number of nitrogens with two attached hydrogens (primary N) is 1. The second-order valence-corrected chi connectivity index (χ2v) is 3.07. The zero-order chi connectivity index (χ0) is 10.6. The minimum Gasteiger partial charge on any atom is -0.396 e. The van der Waals surface area contributed by atoms with Crippen molar-refractivity contribution in [3.63, 3.8) is 0 Å². The second-order valence-electron chi connectivity index (χ2n) is 2.66. The molecule has 0 heterocycles. The monoisotopic (exact) mass is 210 g/mol. The van der Waals surface area contributed by atoms with Crippen molar-refractivity contribution in [1.29, 1.82) is 5.26 Å². The lowest BCUT2D eigenvalue weighted by atomic mass is 10.1. The summed E-state index contributed by atoms with van der Waals surface area (Å²) in [6, 6.07) is 4.53. The molecule has 72 valence electrons. The van der Waals surface area contributed by atoms with Crippen molar-refractivity contribution < 1.29 is 4.39 Å². The fourth-order valence-corrected chi connectivity index (χ4v) is 1.18. The van der Waals surface area contributed by atoms with Crippen molar-refractivity contribution in [2.75, 3.05) is 5.73 Å². The quantitative estimate of drug-likeness (QED) is 0.763. The van der Waals surface area contributed by atoms with Gasteiger partial charge in [-0.2, -0.15) is 5.26 Å². The minimum atomic E-state index is -0.508. The highest BCUT2D eigenvalue weighted by Crippen LogP contribution is 2.23. The van der Waals surface area contributed by atoms with E-state index in [4.69, 9.17) is 22.6 Å². The molecule has 0 unspecified atom stereocenters. The van der Waals surface area contributed by atoms with E-state index in [0.717, 1.165) is 0 Å². The van der Waals surface area contributed by atoms with Crippen LogP contribution < -0.4 is 5.73 Å². The molecule has 0 saturated heterocycles. The Morgan fingerprint density at radius 3 is 2.93 bits per heavy atom. The molecule has 0 fully saturated rings. The normalized spacial score (nSPS) is 10.4. The average Bonchev–Trinajstić information content (AvgIpc) is 2.14. The van der Waals surface area contributed by atoms with E-state index in [2.05, 4.69) is 0 Å². The highest BCUT2D eigenvalue weighted by molar-refractivity contribution is 6.32. The molecule has 1 rings (SSSR count). The maximum Gasteiger partial charge on any atom is 0.146 e. The highest BCUT2D eigenvalue weighted by atomic mass is 35.5. The van der Waals surface area contributed by atoms with Gasteiger partial charge in [0.15, 0.2) is 0 Å². The first-order valence-corrected chi connectivity index (χ1v) is 4.31. The Morgan fingerprint density at radius 1 is 1.57 bits per heavy atom. The van der Waals surface area contributed by atoms with Gasteiger partial charge in [-0.05, 0) is 17.7 Å². The SMILES string of the molecule is N#CCC=Cc1cc(F)c(N)cc1Cl. The topological polar surface area (TPSA) is 49.8 Å². The number of allylic oxidation sites excluding steroid dienone is 1. The zero-order valence-electron chi connectivity index (χ0n) is 7.30. The van der Waals surface area contributed by atoms with Crippen molar-refractivity contribution in [3.05, 3.63) is 34.6 Å². The minimum absolute atomic E-state index is 0.0208. The van der Waals surface area contributed by atoms with Crippen LogP contribution >= 0.6 is 11.6 Å². The van der Waals surface area contributed by atoms with E-state index in [1.165, 1.54) is 12.1 Å². The van der Waals surface area contributed by atoms with E-state index in [-0.39, 0.29) is 12.1 Å². The number of hydrogen-bond donors (Lipinski definition) is 1. The molecule has 4 heteroatoms. The molecule has 1 aromatic carbocycles. The summed E-state index contributed by atoms with van der Waals surface area (Å²) < 4.78 is 13.0. The Hall–Kier alpha value is -1.53. The van der Waals surface area contributed by atoms with Crippen LogP contribution in [-0.2, 0) is 0 Å². The van der Waals surface area contributed by atoms with Gasteiger partial charge in [-0.1, -0.05) is 23.8 Å². The van der Waals surface area contributed by atoms with Crippen LogP contribution in [-0.4, -0.2) is 0 Å². The number of nitrogen functional groups attached to an aromatic ring is 1. The molecule has 2 N–H and O–H groups in total. The standard InChI is InChI=1S/C10H8ClFN2/c11-8-6-10(14)9(12)5-7(8)3-1-2-4-13/h1,3,5-6H,2,14H2. The van der Waals surface area contributed by atoms with E-state index in [9.17, 15) is 4.39 Å². The van der Waals surface area contributed by atoms with E-state index in [1.807, 2.05) is 6.07 Å². The Bertz CT molecular complexity index is 407. The van der Waals surface area contributed by atoms with Crippen molar-refractivity contribution in [2.45, 2.75) is 6.42 Å². The Kier molecular flexibility index (Phi) is 3.49. The number of nitrogens with zero attached hydrogens (tertiary/aromatic N) is 1. The summed E-state index contributed by atoms with van der Waals surface area (Å²) >= 11 is 5.80. The van der Waals surface area contributed by atoms with Gasteiger partial charge in [0.1, 0.15) is 5.82 Å². The molecule has 0 aliphatic heterocycles. The van der Waals surface area contributed by atoms with Gasteiger partial charge in [0, 0.05) is 0 Å². The number of halogens is 2. The van der Waals surface area contributed by atoms with Crippen LogP contribution in [0.3, 0.4) is 0 Å². The first-order valence-electron chi connectivity index (χ1n) is 3.93. The van der Waals surface area contributed by atoms with Gasteiger partial charge in [-0.3, -0.25) is 0 Å². The molecular formula is C10H8ClFN2. The van der Waals surface area contributed by atoms with E-state index < -0.39 is 5.82 Å². The highest BCUT2D eigenvalue weighted by Gasteiger charge is 2.03. The lowest BCUT2D eigenvalue weighted by Gasteiger charge is -2.01. The fraction of sp³-hybridized carbons (Fsp3) is 0.100. The maximum absolute atomic E-state index is 13.0. The Labute approximate surface area is 86.4 Å². The third-order valence-corrected chi connectivity index (χ3v) is 1.95. The first-order chi connectivity index (χ1) is 6.65. The van der Waals surface area contributed by atoms with Crippen LogP contribution in [0.5, 0.6) is 0 Å². The predicted octanol–water partition coefficient (Wildman–Crippen LogP) is 2.99. The molecule has 0 spiro atoms. The largest absolute Gasteiger partial charge is 0.396 e. The van der Waals surface area contributed by atoms with Crippen molar-refractivity contribution in [1.82, 2.24) is 0 Å². The molecule has 0 atom stereocenters. The van der Waals surface area contributed by atoms with Crippen molar-refractivity contribution in [2.24, 2.45) is 0 Å². The predicted molar refractivity (Wildman–Crippen MR) is 55.1 cm³/mol. The van der Waals surface area contributed by atoms with Crippen LogP contribution in [0, 0.1) is 17.1 Å². The third kappa shape index (κ3) is 2.48. The van der Waals surface area contributed by atoms with Crippen molar-refractivity contribution >= 4 is 23.4 Å². The molecule has 2 nitrogen and oxygen atoms in total. The number of nitriles is 1. The van der Waals surface area contributed by atoms with Crippen LogP contribution in [0.2, 0.25) is 5.02 Å². The number of rotatable bonds is 2. The smallest absolute Gasteiger partial charge is 0.146 e. The summed E-state index contributed by atoms with van der Waals surface area (Å²) in [5, 5.41) is 8.66. The Morgan fingerprint density at radius 2 is 2.29 bits per heavy atom. The van der Waals surface area contributed by atoms with Gasteiger partial charge in [0.2, 0.25) is 0 Å². The first kappa shape index (κ1) is 10.6. The lowest BCUT2D eigenvalue weighted by molar-refractivity contribution is 0.632. The van der Waals surface area contributed by atoms with E-state index in [0.29, 0.717) is 10.6 Å². The molecule has 0 saturated carbocycles. The third-order valence-electron chi connectivity index (χ3n) is 1.62. The summed E-state index contributed by atoms with van der Waals surface area (Å²) in [5.41, 5.74) is 5.85. The molecule has 0 aliphatic carbocycles. The van der Waals surface area contributed by atoms with Crippen LogP contribution in [0.1, 0.15) is 12.0 Å². The van der Waals surface area contributed by atoms with E-state index in [1.54, 1.807) is 12.2 Å². The van der Waals surface area contributed by atoms with Crippen LogP contribution in [0.15, 0.2) is 18.2 Å². The van der Waals surface area contributed by atoms with Crippen LogP contribution in [0.25, 0.3) is 6.08 Å².